The number of nitrogens with zero attached hydrogens (tertiary/aromatic N) is 1. The van der Waals surface area contributed by atoms with Gasteiger partial charge < -0.3 is 10.6 Å². The molecule has 0 aromatic heterocycles. The Morgan fingerprint density at radius 3 is 2.17 bits per heavy atom. The van der Waals surface area contributed by atoms with Crippen molar-refractivity contribution in [1.82, 2.24) is 4.90 Å². The molecule has 0 radical (unpaired) electrons. The normalized spacial score (nSPS) is 10.5. The van der Waals surface area contributed by atoms with Crippen molar-refractivity contribution in [2.45, 2.75) is 13.5 Å². The number of rotatable bonds is 6. The van der Waals surface area contributed by atoms with Gasteiger partial charge in [0.15, 0.2) is 0 Å². The molecule has 0 aliphatic rings. The Balaban J connectivity index is 1.86. The van der Waals surface area contributed by atoms with E-state index in [0.29, 0.717) is 17.9 Å². The van der Waals surface area contributed by atoms with Crippen molar-refractivity contribution in [3.05, 3.63) is 58.6 Å². The Bertz CT molecular complexity index is 716. The molecule has 24 heavy (non-hydrogen) atoms. The fraction of sp³-hybridized carbons (Fsp3) is 0.222. The maximum Gasteiger partial charge on any atom is 0.238 e. The second kappa shape index (κ2) is 8.61. The van der Waals surface area contributed by atoms with Crippen LogP contribution >= 0.6 is 15.9 Å². The molecule has 6 heteroatoms. The second-order valence-corrected chi connectivity index (χ2v) is 6.42. The lowest BCUT2D eigenvalue weighted by Crippen LogP contribution is -2.29. The van der Waals surface area contributed by atoms with Gasteiger partial charge >= 0.3 is 0 Å². The van der Waals surface area contributed by atoms with Gasteiger partial charge in [0.2, 0.25) is 11.8 Å². The van der Waals surface area contributed by atoms with Crippen LogP contribution in [0, 0.1) is 0 Å². The van der Waals surface area contributed by atoms with Crippen LogP contribution in [0.25, 0.3) is 0 Å². The van der Waals surface area contributed by atoms with Crippen LogP contribution in [0.15, 0.2) is 53.0 Å². The third-order valence-corrected chi connectivity index (χ3v) is 4.07. The van der Waals surface area contributed by atoms with Crippen LogP contribution in [0.1, 0.15) is 12.5 Å². The van der Waals surface area contributed by atoms with Gasteiger partial charge in [0, 0.05) is 29.3 Å². The smallest absolute Gasteiger partial charge is 0.238 e. The Hall–Kier alpha value is -2.18. The number of amides is 2. The van der Waals surface area contributed by atoms with E-state index in [0.717, 1.165) is 10.0 Å². The molecule has 0 spiro atoms. The van der Waals surface area contributed by atoms with E-state index in [1.807, 2.05) is 36.2 Å². The summed E-state index contributed by atoms with van der Waals surface area (Å²) >= 11 is 3.51. The molecule has 2 N–H and O–H groups in total. The summed E-state index contributed by atoms with van der Waals surface area (Å²) in [6, 6.07) is 15.0. The number of nitrogens with one attached hydrogen (secondary N) is 2. The minimum absolute atomic E-state index is 0.0863. The van der Waals surface area contributed by atoms with Crippen LogP contribution in [0.5, 0.6) is 0 Å². The molecule has 0 heterocycles. The molecule has 2 rings (SSSR count). The zero-order valence-corrected chi connectivity index (χ0v) is 15.3. The number of benzene rings is 2. The lowest BCUT2D eigenvalue weighted by atomic mass is 10.2. The highest BCUT2D eigenvalue weighted by molar-refractivity contribution is 9.10. The van der Waals surface area contributed by atoms with Gasteiger partial charge in [-0.15, -0.1) is 0 Å². The molecule has 2 aromatic carbocycles. The second-order valence-electron chi connectivity index (χ2n) is 5.57. The summed E-state index contributed by atoms with van der Waals surface area (Å²) in [5.41, 5.74) is 2.53. The molecule has 0 fully saturated rings. The largest absolute Gasteiger partial charge is 0.326 e. The van der Waals surface area contributed by atoms with Gasteiger partial charge in [0.25, 0.3) is 0 Å². The number of carbonyl (C=O) groups excluding carboxylic acids is 2. The zero-order valence-electron chi connectivity index (χ0n) is 13.7. The van der Waals surface area contributed by atoms with Crippen LogP contribution in [-0.2, 0) is 16.1 Å². The van der Waals surface area contributed by atoms with Crippen LogP contribution in [-0.4, -0.2) is 30.3 Å². The average molecular weight is 390 g/mol. The third-order valence-electron chi connectivity index (χ3n) is 3.30. The SMILES string of the molecule is CC(=O)Nc1ccc(NC(=O)CN(C)Cc2ccccc2Br)cc1. The number of anilines is 2. The van der Waals surface area contributed by atoms with E-state index < -0.39 is 0 Å². The van der Waals surface area contributed by atoms with Gasteiger partial charge in [0.05, 0.1) is 6.54 Å². The summed E-state index contributed by atoms with van der Waals surface area (Å²) in [4.78, 5) is 25.1. The Morgan fingerprint density at radius 2 is 1.58 bits per heavy atom. The monoisotopic (exact) mass is 389 g/mol. The van der Waals surface area contributed by atoms with Crippen LogP contribution < -0.4 is 10.6 Å². The summed E-state index contributed by atoms with van der Waals surface area (Å²) in [5.74, 6) is -0.211. The standard InChI is InChI=1S/C18H20BrN3O2/c1-13(23)20-15-7-9-16(10-8-15)21-18(24)12-22(2)11-14-5-3-4-6-17(14)19/h3-10H,11-12H2,1-2H3,(H,20,23)(H,21,24). The topological polar surface area (TPSA) is 61.4 Å². The number of likely N-dealkylation sites (N-methyl/N-ethyl adjacent to an activating group) is 1. The summed E-state index contributed by atoms with van der Waals surface area (Å²) in [5, 5.41) is 5.53. The Morgan fingerprint density at radius 1 is 1.00 bits per heavy atom. The summed E-state index contributed by atoms with van der Waals surface area (Å²) in [6.45, 7) is 2.42. The van der Waals surface area contributed by atoms with Crippen LogP contribution in [0.4, 0.5) is 11.4 Å². The highest BCUT2D eigenvalue weighted by atomic mass is 79.9. The van der Waals surface area contributed by atoms with Crippen molar-refractivity contribution in [3.63, 3.8) is 0 Å². The number of hydrogen-bond acceptors (Lipinski definition) is 3. The Kier molecular flexibility index (Phi) is 6.52. The molecule has 0 aliphatic heterocycles. The van der Waals surface area contributed by atoms with Crippen LogP contribution in [0.3, 0.4) is 0 Å². The molecule has 126 valence electrons. The third kappa shape index (κ3) is 5.79. The zero-order chi connectivity index (χ0) is 17.5. The molecule has 0 bridgehead atoms. The highest BCUT2D eigenvalue weighted by Gasteiger charge is 2.09. The number of carbonyl (C=O) groups is 2. The van der Waals surface area contributed by atoms with Gasteiger partial charge in [-0.05, 0) is 42.9 Å². The molecule has 0 saturated carbocycles. The molecule has 5 nitrogen and oxygen atoms in total. The summed E-state index contributed by atoms with van der Waals surface area (Å²) in [6.07, 6.45) is 0. The van der Waals surface area contributed by atoms with E-state index in [-0.39, 0.29) is 18.4 Å². The first-order chi connectivity index (χ1) is 11.4. The average Bonchev–Trinajstić information content (AvgIpc) is 2.51. The fourth-order valence-corrected chi connectivity index (χ4v) is 2.67. The van der Waals surface area contributed by atoms with E-state index in [9.17, 15) is 9.59 Å². The lowest BCUT2D eigenvalue weighted by Gasteiger charge is -2.17. The molecule has 2 amide bonds. The first-order valence-corrected chi connectivity index (χ1v) is 8.33. The molecule has 0 aliphatic carbocycles. The fourth-order valence-electron chi connectivity index (χ4n) is 2.26. The van der Waals surface area contributed by atoms with Crippen molar-refractivity contribution in [2.75, 3.05) is 24.2 Å². The molecular weight excluding hydrogens is 370 g/mol. The maximum absolute atomic E-state index is 12.1. The van der Waals surface area contributed by atoms with Gasteiger partial charge in [-0.3, -0.25) is 14.5 Å². The maximum atomic E-state index is 12.1. The number of halogens is 1. The summed E-state index contributed by atoms with van der Waals surface area (Å²) in [7, 11) is 1.90. The van der Waals surface area contributed by atoms with Crippen molar-refractivity contribution in [2.24, 2.45) is 0 Å². The first kappa shape index (κ1) is 18.2. The van der Waals surface area contributed by atoms with E-state index in [1.165, 1.54) is 6.92 Å². The number of hydrogen-bond donors (Lipinski definition) is 2. The molecule has 0 atom stereocenters. The minimum atomic E-state index is -0.125. The van der Waals surface area contributed by atoms with Crippen LogP contribution in [0.2, 0.25) is 0 Å². The minimum Gasteiger partial charge on any atom is -0.326 e. The predicted molar refractivity (Wildman–Crippen MR) is 99.9 cm³/mol. The van der Waals surface area contributed by atoms with Crippen molar-refractivity contribution < 1.29 is 9.59 Å². The van der Waals surface area contributed by atoms with E-state index in [1.54, 1.807) is 24.3 Å². The van der Waals surface area contributed by atoms with Gasteiger partial charge in [-0.25, -0.2) is 0 Å². The highest BCUT2D eigenvalue weighted by Crippen LogP contribution is 2.17. The van der Waals surface area contributed by atoms with E-state index in [2.05, 4.69) is 26.6 Å². The van der Waals surface area contributed by atoms with Crippen molar-refractivity contribution >= 4 is 39.1 Å². The summed E-state index contributed by atoms with van der Waals surface area (Å²) < 4.78 is 1.03. The van der Waals surface area contributed by atoms with E-state index >= 15 is 0 Å². The molecule has 0 saturated heterocycles. The van der Waals surface area contributed by atoms with Gasteiger partial charge in [-0.1, -0.05) is 34.1 Å². The van der Waals surface area contributed by atoms with E-state index in [4.69, 9.17) is 0 Å². The van der Waals surface area contributed by atoms with Gasteiger partial charge in [0.1, 0.15) is 0 Å². The molecular formula is C18H20BrN3O2. The first-order valence-electron chi connectivity index (χ1n) is 7.53. The quantitative estimate of drug-likeness (QED) is 0.794. The lowest BCUT2D eigenvalue weighted by molar-refractivity contribution is -0.117. The van der Waals surface area contributed by atoms with Gasteiger partial charge in [-0.2, -0.15) is 0 Å². The molecule has 0 unspecified atom stereocenters. The Labute approximate surface area is 150 Å². The van der Waals surface area contributed by atoms with Crippen molar-refractivity contribution in [1.29, 1.82) is 0 Å². The molecule has 2 aromatic rings. The van der Waals surface area contributed by atoms with Crippen molar-refractivity contribution in [3.8, 4) is 0 Å². The predicted octanol–water partition coefficient (Wildman–Crippen LogP) is 3.48.